The summed E-state index contributed by atoms with van der Waals surface area (Å²) >= 11 is 3.31. The number of carbonyl (C=O) groups is 1. The van der Waals surface area contributed by atoms with E-state index in [1.165, 1.54) is 6.07 Å². The average Bonchev–Trinajstić information content (AvgIpc) is 2.89. The standard InChI is InChI=1S/C16H10BrF2NO2/c17-10-5-4-9-6-15(22-14(9)7-10)16(21)20-8-11-12(18)2-1-3-13(11)19/h1-7H,8H2,(H,20,21). The summed E-state index contributed by atoms with van der Waals surface area (Å²) in [6, 6.07) is 10.5. The first-order valence-electron chi connectivity index (χ1n) is 6.45. The number of carbonyl (C=O) groups excluding carboxylic acids is 1. The second-order valence-corrected chi connectivity index (χ2v) is 5.59. The lowest BCUT2D eigenvalue weighted by molar-refractivity contribution is 0.0924. The third kappa shape index (κ3) is 2.87. The van der Waals surface area contributed by atoms with Gasteiger partial charge in [0, 0.05) is 22.0 Å². The van der Waals surface area contributed by atoms with Crippen molar-refractivity contribution >= 4 is 32.8 Å². The number of halogens is 3. The van der Waals surface area contributed by atoms with E-state index in [2.05, 4.69) is 21.2 Å². The van der Waals surface area contributed by atoms with Crippen molar-refractivity contribution < 1.29 is 18.0 Å². The third-order valence-electron chi connectivity index (χ3n) is 3.19. The summed E-state index contributed by atoms with van der Waals surface area (Å²) in [4.78, 5) is 12.0. The summed E-state index contributed by atoms with van der Waals surface area (Å²) in [5.74, 6) is -1.84. The zero-order valence-electron chi connectivity index (χ0n) is 11.2. The van der Waals surface area contributed by atoms with Crippen LogP contribution in [0, 0.1) is 11.6 Å². The topological polar surface area (TPSA) is 42.2 Å². The number of fused-ring (bicyclic) bond motifs is 1. The molecule has 112 valence electrons. The van der Waals surface area contributed by atoms with Crippen molar-refractivity contribution in [3.63, 3.8) is 0 Å². The molecule has 3 rings (SSSR count). The summed E-state index contributed by atoms with van der Waals surface area (Å²) in [6.07, 6.45) is 0. The molecule has 0 aliphatic carbocycles. The number of hydrogen-bond donors (Lipinski definition) is 1. The van der Waals surface area contributed by atoms with E-state index in [0.29, 0.717) is 5.58 Å². The SMILES string of the molecule is O=C(NCc1c(F)cccc1F)c1cc2ccc(Br)cc2o1. The summed E-state index contributed by atoms with van der Waals surface area (Å²) in [7, 11) is 0. The van der Waals surface area contributed by atoms with Crippen LogP contribution in [0.1, 0.15) is 16.1 Å². The number of amides is 1. The van der Waals surface area contributed by atoms with Gasteiger partial charge < -0.3 is 9.73 Å². The summed E-state index contributed by atoms with van der Waals surface area (Å²) in [6.45, 7) is -0.252. The number of furan rings is 1. The zero-order chi connectivity index (χ0) is 15.7. The van der Waals surface area contributed by atoms with Crippen molar-refractivity contribution in [3.05, 3.63) is 69.9 Å². The number of nitrogens with one attached hydrogen (secondary N) is 1. The van der Waals surface area contributed by atoms with E-state index in [1.54, 1.807) is 18.2 Å². The Hall–Kier alpha value is -2.21. The Morgan fingerprint density at radius 1 is 1.14 bits per heavy atom. The van der Waals surface area contributed by atoms with Crippen LogP contribution in [0.4, 0.5) is 8.78 Å². The Morgan fingerprint density at radius 2 is 1.86 bits per heavy atom. The van der Waals surface area contributed by atoms with Crippen LogP contribution in [-0.4, -0.2) is 5.91 Å². The van der Waals surface area contributed by atoms with Crippen LogP contribution in [-0.2, 0) is 6.54 Å². The summed E-state index contributed by atoms with van der Waals surface area (Å²) in [5.41, 5.74) is 0.367. The molecule has 3 nitrogen and oxygen atoms in total. The van der Waals surface area contributed by atoms with Gasteiger partial charge in [-0.2, -0.15) is 0 Å². The van der Waals surface area contributed by atoms with E-state index >= 15 is 0 Å². The molecule has 1 N–H and O–H groups in total. The number of hydrogen-bond acceptors (Lipinski definition) is 2. The molecule has 1 aromatic heterocycles. The van der Waals surface area contributed by atoms with Crippen molar-refractivity contribution in [2.24, 2.45) is 0 Å². The van der Waals surface area contributed by atoms with Gasteiger partial charge in [0.25, 0.3) is 5.91 Å². The normalized spacial score (nSPS) is 10.9. The molecule has 6 heteroatoms. The van der Waals surface area contributed by atoms with Crippen molar-refractivity contribution in [2.75, 3.05) is 0 Å². The first kappa shape index (κ1) is 14.7. The van der Waals surface area contributed by atoms with Gasteiger partial charge in [-0.1, -0.05) is 22.0 Å². The van der Waals surface area contributed by atoms with Crippen molar-refractivity contribution in [3.8, 4) is 0 Å². The van der Waals surface area contributed by atoms with Crippen LogP contribution < -0.4 is 5.32 Å². The molecule has 3 aromatic rings. The maximum Gasteiger partial charge on any atom is 0.287 e. The van der Waals surface area contributed by atoms with Gasteiger partial charge in [0.1, 0.15) is 17.2 Å². The van der Waals surface area contributed by atoms with Gasteiger partial charge in [-0.15, -0.1) is 0 Å². The van der Waals surface area contributed by atoms with Gasteiger partial charge in [0.05, 0.1) is 0 Å². The fourth-order valence-corrected chi connectivity index (χ4v) is 2.41. The van der Waals surface area contributed by atoms with Crippen LogP contribution in [0.3, 0.4) is 0 Å². The van der Waals surface area contributed by atoms with Gasteiger partial charge >= 0.3 is 0 Å². The number of benzene rings is 2. The highest BCUT2D eigenvalue weighted by molar-refractivity contribution is 9.10. The molecule has 0 aliphatic heterocycles. The highest BCUT2D eigenvalue weighted by atomic mass is 79.9. The Labute approximate surface area is 133 Å². The van der Waals surface area contributed by atoms with E-state index in [-0.39, 0.29) is 17.9 Å². The molecule has 0 saturated carbocycles. The van der Waals surface area contributed by atoms with E-state index in [4.69, 9.17) is 4.42 Å². The number of rotatable bonds is 3. The molecular weight excluding hydrogens is 356 g/mol. The van der Waals surface area contributed by atoms with Crippen LogP contribution >= 0.6 is 15.9 Å². The largest absolute Gasteiger partial charge is 0.451 e. The molecule has 0 fully saturated rings. The predicted molar refractivity (Wildman–Crippen MR) is 81.4 cm³/mol. The fourth-order valence-electron chi connectivity index (χ4n) is 2.07. The minimum Gasteiger partial charge on any atom is -0.451 e. The maximum absolute atomic E-state index is 13.5. The molecule has 22 heavy (non-hydrogen) atoms. The van der Waals surface area contributed by atoms with Crippen LogP contribution in [0.15, 0.2) is 51.4 Å². The van der Waals surface area contributed by atoms with Gasteiger partial charge in [-0.05, 0) is 36.4 Å². The Kier molecular flexibility index (Phi) is 3.94. The van der Waals surface area contributed by atoms with E-state index in [0.717, 1.165) is 22.0 Å². The average molecular weight is 366 g/mol. The fraction of sp³-hybridized carbons (Fsp3) is 0.0625. The molecule has 1 heterocycles. The Morgan fingerprint density at radius 3 is 2.59 bits per heavy atom. The van der Waals surface area contributed by atoms with Gasteiger partial charge in [0.2, 0.25) is 0 Å². The maximum atomic E-state index is 13.5. The van der Waals surface area contributed by atoms with Crippen LogP contribution in [0.2, 0.25) is 0 Å². The Balaban J connectivity index is 1.79. The molecule has 0 spiro atoms. The lowest BCUT2D eigenvalue weighted by Crippen LogP contribution is -2.23. The minimum absolute atomic E-state index is 0.0878. The van der Waals surface area contributed by atoms with E-state index in [1.807, 2.05) is 6.07 Å². The monoisotopic (exact) mass is 365 g/mol. The highest BCUT2D eigenvalue weighted by Crippen LogP contribution is 2.23. The van der Waals surface area contributed by atoms with Crippen molar-refractivity contribution in [1.82, 2.24) is 5.32 Å². The molecule has 0 radical (unpaired) electrons. The molecule has 2 aromatic carbocycles. The molecule has 0 unspecified atom stereocenters. The molecule has 0 saturated heterocycles. The smallest absolute Gasteiger partial charge is 0.287 e. The molecule has 0 atom stereocenters. The third-order valence-corrected chi connectivity index (χ3v) is 3.69. The molecule has 0 aliphatic rings. The first-order valence-corrected chi connectivity index (χ1v) is 7.24. The lowest BCUT2D eigenvalue weighted by Gasteiger charge is -2.05. The van der Waals surface area contributed by atoms with Crippen molar-refractivity contribution in [1.29, 1.82) is 0 Å². The molecular formula is C16H10BrF2NO2. The van der Waals surface area contributed by atoms with Gasteiger partial charge in [-0.25, -0.2) is 8.78 Å². The van der Waals surface area contributed by atoms with Crippen LogP contribution in [0.5, 0.6) is 0 Å². The highest BCUT2D eigenvalue weighted by Gasteiger charge is 2.14. The molecule has 1 amide bonds. The van der Waals surface area contributed by atoms with Gasteiger partial charge in [-0.3, -0.25) is 4.79 Å². The van der Waals surface area contributed by atoms with E-state index < -0.39 is 17.5 Å². The summed E-state index contributed by atoms with van der Waals surface area (Å²) < 4.78 is 33.2. The Bertz CT molecular complexity index is 840. The molecule has 0 bridgehead atoms. The van der Waals surface area contributed by atoms with Gasteiger partial charge in [0.15, 0.2) is 5.76 Å². The van der Waals surface area contributed by atoms with E-state index in [9.17, 15) is 13.6 Å². The predicted octanol–water partition coefficient (Wildman–Crippen LogP) is 4.40. The lowest BCUT2D eigenvalue weighted by atomic mass is 10.2. The summed E-state index contributed by atoms with van der Waals surface area (Å²) in [5, 5.41) is 3.22. The second-order valence-electron chi connectivity index (χ2n) is 4.68. The quantitative estimate of drug-likeness (QED) is 0.747. The van der Waals surface area contributed by atoms with Crippen molar-refractivity contribution in [2.45, 2.75) is 6.54 Å². The first-order chi connectivity index (χ1) is 10.5. The second kappa shape index (κ2) is 5.88. The zero-order valence-corrected chi connectivity index (χ0v) is 12.8. The minimum atomic E-state index is -0.700. The van der Waals surface area contributed by atoms with Crippen LogP contribution in [0.25, 0.3) is 11.0 Å².